The summed E-state index contributed by atoms with van der Waals surface area (Å²) in [6.07, 6.45) is 0. The molecule has 2 aromatic rings. The second-order valence-corrected chi connectivity index (χ2v) is 3.55. The van der Waals surface area contributed by atoms with Crippen LogP contribution in [0.4, 0.5) is 5.69 Å². The van der Waals surface area contributed by atoms with Gasteiger partial charge in [0.1, 0.15) is 0 Å². The van der Waals surface area contributed by atoms with E-state index in [9.17, 15) is 0 Å². The molecule has 0 fully saturated rings. The number of hydrogen-bond acceptors (Lipinski definition) is 5. The number of aromatic nitrogens is 4. The van der Waals surface area contributed by atoms with Crippen LogP contribution in [-0.2, 0) is 11.3 Å². The first kappa shape index (κ1) is 11.5. The number of nitrogens with zero attached hydrogens (tertiary/aromatic N) is 4. The van der Waals surface area contributed by atoms with Gasteiger partial charge in [-0.3, -0.25) is 0 Å². The highest BCUT2D eigenvalue weighted by Crippen LogP contribution is 2.17. The van der Waals surface area contributed by atoms with Crippen LogP contribution < -0.4 is 5.73 Å². The molecule has 0 radical (unpaired) electrons. The second kappa shape index (κ2) is 5.40. The van der Waals surface area contributed by atoms with Crippen molar-refractivity contribution >= 4 is 5.69 Å². The number of benzene rings is 1. The fourth-order valence-electron chi connectivity index (χ4n) is 1.54. The Hall–Kier alpha value is -1.95. The van der Waals surface area contributed by atoms with Gasteiger partial charge in [-0.15, -0.1) is 5.10 Å². The highest BCUT2D eigenvalue weighted by molar-refractivity contribution is 5.60. The summed E-state index contributed by atoms with van der Waals surface area (Å²) in [6, 6.07) is 7.49. The molecule has 2 N–H and O–H groups in total. The van der Waals surface area contributed by atoms with Crippen molar-refractivity contribution in [1.29, 1.82) is 0 Å². The third-order valence-electron chi connectivity index (χ3n) is 2.33. The van der Waals surface area contributed by atoms with Crippen molar-refractivity contribution in [3.63, 3.8) is 0 Å². The quantitative estimate of drug-likeness (QED) is 0.614. The lowest BCUT2D eigenvalue weighted by atomic mass is 10.2. The fraction of sp³-hybridized carbons (Fsp3) is 0.364. The molecular weight excluding hydrogens is 218 g/mol. The molecule has 0 unspecified atom stereocenters. The van der Waals surface area contributed by atoms with E-state index >= 15 is 0 Å². The van der Waals surface area contributed by atoms with E-state index in [1.165, 1.54) is 0 Å². The number of rotatable bonds is 5. The molecule has 1 aromatic carbocycles. The van der Waals surface area contributed by atoms with Crippen LogP contribution in [-0.4, -0.2) is 33.4 Å². The van der Waals surface area contributed by atoms with Gasteiger partial charge in [-0.25, -0.2) is 4.68 Å². The van der Waals surface area contributed by atoms with Crippen LogP contribution in [0.1, 0.15) is 6.92 Å². The van der Waals surface area contributed by atoms with Crippen LogP contribution in [0, 0.1) is 0 Å². The molecule has 6 nitrogen and oxygen atoms in total. The lowest BCUT2D eigenvalue weighted by Crippen LogP contribution is -2.09. The first-order valence-electron chi connectivity index (χ1n) is 5.51. The summed E-state index contributed by atoms with van der Waals surface area (Å²) in [5, 5.41) is 11.6. The third-order valence-corrected chi connectivity index (χ3v) is 2.33. The van der Waals surface area contributed by atoms with Crippen molar-refractivity contribution in [3.05, 3.63) is 24.3 Å². The van der Waals surface area contributed by atoms with Crippen molar-refractivity contribution < 1.29 is 4.74 Å². The molecule has 0 spiro atoms. The van der Waals surface area contributed by atoms with Crippen LogP contribution in [0.25, 0.3) is 11.4 Å². The Morgan fingerprint density at radius 2 is 2.29 bits per heavy atom. The SMILES string of the molecule is CCOCCn1nnnc1-c1cccc(N)c1. The molecule has 0 amide bonds. The zero-order chi connectivity index (χ0) is 12.1. The van der Waals surface area contributed by atoms with E-state index in [0.717, 1.165) is 5.56 Å². The normalized spacial score (nSPS) is 10.6. The van der Waals surface area contributed by atoms with E-state index in [4.69, 9.17) is 10.5 Å². The predicted molar refractivity (Wildman–Crippen MR) is 64.2 cm³/mol. The average Bonchev–Trinajstić information content (AvgIpc) is 2.78. The van der Waals surface area contributed by atoms with Gasteiger partial charge >= 0.3 is 0 Å². The van der Waals surface area contributed by atoms with Crippen molar-refractivity contribution in [2.24, 2.45) is 0 Å². The summed E-state index contributed by atoms with van der Waals surface area (Å²) in [5.41, 5.74) is 7.34. The summed E-state index contributed by atoms with van der Waals surface area (Å²) in [5.74, 6) is 0.706. The van der Waals surface area contributed by atoms with Crippen LogP contribution in [0.2, 0.25) is 0 Å². The van der Waals surface area contributed by atoms with Gasteiger partial charge in [0.2, 0.25) is 0 Å². The Balaban J connectivity index is 2.18. The minimum Gasteiger partial charge on any atom is -0.399 e. The van der Waals surface area contributed by atoms with E-state index in [0.29, 0.717) is 31.3 Å². The largest absolute Gasteiger partial charge is 0.399 e. The summed E-state index contributed by atoms with van der Waals surface area (Å²) < 4.78 is 6.99. The van der Waals surface area contributed by atoms with Gasteiger partial charge in [0.15, 0.2) is 5.82 Å². The number of tetrazole rings is 1. The molecule has 6 heteroatoms. The van der Waals surface area contributed by atoms with Crippen molar-refractivity contribution in [3.8, 4) is 11.4 Å². The molecule has 0 saturated carbocycles. The van der Waals surface area contributed by atoms with Crippen molar-refractivity contribution in [1.82, 2.24) is 20.2 Å². The Morgan fingerprint density at radius 3 is 3.06 bits per heavy atom. The molecule has 17 heavy (non-hydrogen) atoms. The van der Waals surface area contributed by atoms with Gasteiger partial charge in [-0.1, -0.05) is 12.1 Å². The Kier molecular flexibility index (Phi) is 3.66. The molecule has 1 heterocycles. The predicted octanol–water partition coefficient (Wildman–Crippen LogP) is 0.959. The number of anilines is 1. The van der Waals surface area contributed by atoms with E-state index in [2.05, 4.69) is 15.5 Å². The summed E-state index contributed by atoms with van der Waals surface area (Å²) in [6.45, 7) is 3.87. The minimum absolute atomic E-state index is 0.594. The molecule has 0 saturated heterocycles. The molecule has 2 rings (SSSR count). The standard InChI is InChI=1S/C11H15N5O/c1-2-17-7-6-16-11(13-14-15-16)9-4-3-5-10(12)8-9/h3-5,8H,2,6-7,12H2,1H3. The maximum atomic E-state index is 5.73. The Morgan fingerprint density at radius 1 is 1.41 bits per heavy atom. The zero-order valence-electron chi connectivity index (χ0n) is 9.71. The highest BCUT2D eigenvalue weighted by atomic mass is 16.5. The van der Waals surface area contributed by atoms with Crippen molar-refractivity contribution in [2.45, 2.75) is 13.5 Å². The maximum Gasteiger partial charge on any atom is 0.182 e. The van der Waals surface area contributed by atoms with Crippen LogP contribution in [0.15, 0.2) is 24.3 Å². The van der Waals surface area contributed by atoms with Gasteiger partial charge in [0.05, 0.1) is 13.2 Å². The molecule has 0 aliphatic rings. The molecule has 0 atom stereocenters. The molecular formula is C11H15N5O. The smallest absolute Gasteiger partial charge is 0.182 e. The van der Waals surface area contributed by atoms with Gasteiger partial charge in [-0.05, 0) is 29.5 Å². The number of hydrogen-bond donors (Lipinski definition) is 1. The van der Waals surface area contributed by atoms with E-state index in [1.807, 2.05) is 31.2 Å². The van der Waals surface area contributed by atoms with E-state index in [1.54, 1.807) is 4.68 Å². The first-order valence-corrected chi connectivity index (χ1v) is 5.51. The van der Waals surface area contributed by atoms with Gasteiger partial charge in [-0.2, -0.15) is 0 Å². The van der Waals surface area contributed by atoms with E-state index < -0.39 is 0 Å². The molecule has 0 bridgehead atoms. The summed E-state index contributed by atoms with van der Waals surface area (Å²) in [7, 11) is 0. The van der Waals surface area contributed by atoms with Crippen LogP contribution in [0.3, 0.4) is 0 Å². The molecule has 1 aromatic heterocycles. The average molecular weight is 233 g/mol. The minimum atomic E-state index is 0.594. The zero-order valence-corrected chi connectivity index (χ0v) is 9.71. The van der Waals surface area contributed by atoms with Gasteiger partial charge in [0, 0.05) is 17.9 Å². The lowest BCUT2D eigenvalue weighted by molar-refractivity contribution is 0.136. The first-order chi connectivity index (χ1) is 8.31. The topological polar surface area (TPSA) is 78.8 Å². The fourth-order valence-corrected chi connectivity index (χ4v) is 1.54. The molecule has 0 aliphatic heterocycles. The summed E-state index contributed by atoms with van der Waals surface area (Å²) >= 11 is 0. The number of nitrogen functional groups attached to an aromatic ring is 1. The Labute approximate surface area is 99.4 Å². The number of nitrogens with two attached hydrogens (primary N) is 1. The second-order valence-electron chi connectivity index (χ2n) is 3.55. The monoisotopic (exact) mass is 233 g/mol. The third kappa shape index (κ3) is 2.79. The molecule has 0 aliphatic carbocycles. The molecule has 90 valence electrons. The lowest BCUT2D eigenvalue weighted by Gasteiger charge is -2.05. The van der Waals surface area contributed by atoms with E-state index in [-0.39, 0.29) is 0 Å². The van der Waals surface area contributed by atoms with Crippen molar-refractivity contribution in [2.75, 3.05) is 18.9 Å². The maximum absolute atomic E-state index is 5.73. The van der Waals surface area contributed by atoms with Gasteiger partial charge < -0.3 is 10.5 Å². The van der Waals surface area contributed by atoms with Crippen LogP contribution >= 0.6 is 0 Å². The number of ether oxygens (including phenoxy) is 1. The highest BCUT2D eigenvalue weighted by Gasteiger charge is 2.08. The Bertz CT molecular complexity index is 482. The van der Waals surface area contributed by atoms with Crippen LogP contribution in [0.5, 0.6) is 0 Å². The van der Waals surface area contributed by atoms with Gasteiger partial charge in [0.25, 0.3) is 0 Å². The summed E-state index contributed by atoms with van der Waals surface area (Å²) in [4.78, 5) is 0.